The van der Waals surface area contributed by atoms with Crippen LogP contribution in [0, 0.1) is 0 Å². The molecule has 3 aromatic rings. The van der Waals surface area contributed by atoms with E-state index in [9.17, 15) is 9.59 Å². The Morgan fingerprint density at radius 2 is 2.00 bits per heavy atom. The summed E-state index contributed by atoms with van der Waals surface area (Å²) in [5.74, 6) is 0.474. The van der Waals surface area contributed by atoms with Crippen molar-refractivity contribution < 1.29 is 9.59 Å². The standard InChI is InChI=1S/C26H27N5O2S2/c1-16(18-9-11-24(28-14-18)31(2)3)34-19(13-27)15-29-25(32)17-8-10-23-21(12-17)30-26(33)20-6-4-5-7-22(20)35-23/h4-14,16H,15,27H2,1-3H3,(H,29,32)(H,30,33)/b19-13-. The molecule has 1 unspecified atom stereocenters. The Kier molecular flexibility index (Phi) is 7.67. The van der Waals surface area contributed by atoms with E-state index in [-0.39, 0.29) is 17.1 Å². The fourth-order valence-corrected chi connectivity index (χ4v) is 5.49. The topological polar surface area (TPSA) is 100 Å². The van der Waals surface area contributed by atoms with Crippen molar-refractivity contribution in [2.24, 2.45) is 5.73 Å². The Morgan fingerprint density at radius 3 is 2.71 bits per heavy atom. The molecule has 1 aliphatic heterocycles. The summed E-state index contributed by atoms with van der Waals surface area (Å²) in [6.45, 7) is 2.38. The van der Waals surface area contributed by atoms with Gasteiger partial charge in [0.2, 0.25) is 0 Å². The molecule has 0 aliphatic carbocycles. The van der Waals surface area contributed by atoms with Gasteiger partial charge in [0.15, 0.2) is 0 Å². The van der Waals surface area contributed by atoms with E-state index in [1.807, 2.05) is 61.6 Å². The molecule has 9 heteroatoms. The number of fused-ring (bicyclic) bond motifs is 2. The number of benzene rings is 2. The Labute approximate surface area is 213 Å². The molecule has 1 aliphatic rings. The molecule has 0 radical (unpaired) electrons. The number of amides is 2. The molecular formula is C26H27N5O2S2. The molecule has 2 heterocycles. The van der Waals surface area contributed by atoms with Gasteiger partial charge in [0.05, 0.1) is 17.8 Å². The summed E-state index contributed by atoms with van der Waals surface area (Å²) < 4.78 is 0. The molecule has 7 nitrogen and oxygen atoms in total. The van der Waals surface area contributed by atoms with Crippen molar-refractivity contribution in [2.45, 2.75) is 22.0 Å². The highest BCUT2D eigenvalue weighted by Gasteiger charge is 2.21. The fraction of sp³-hybridized carbons (Fsp3) is 0.192. The van der Waals surface area contributed by atoms with E-state index in [4.69, 9.17) is 5.73 Å². The van der Waals surface area contributed by atoms with Crippen LogP contribution in [0.1, 0.15) is 38.5 Å². The number of nitrogens with one attached hydrogen (secondary N) is 2. The molecular weight excluding hydrogens is 478 g/mol. The lowest BCUT2D eigenvalue weighted by atomic mass is 10.1. The van der Waals surface area contributed by atoms with Gasteiger partial charge >= 0.3 is 0 Å². The molecule has 0 saturated carbocycles. The quantitative estimate of drug-likeness (QED) is 0.420. The van der Waals surface area contributed by atoms with Gasteiger partial charge in [0, 0.05) is 52.0 Å². The number of anilines is 2. The predicted octanol–water partition coefficient (Wildman–Crippen LogP) is 4.89. The van der Waals surface area contributed by atoms with E-state index < -0.39 is 0 Å². The van der Waals surface area contributed by atoms with E-state index in [1.54, 1.807) is 30.0 Å². The van der Waals surface area contributed by atoms with Crippen molar-refractivity contribution in [1.29, 1.82) is 0 Å². The minimum atomic E-state index is -0.238. The maximum absolute atomic E-state index is 12.9. The molecule has 2 amide bonds. The molecule has 4 rings (SSSR count). The summed E-state index contributed by atoms with van der Waals surface area (Å²) in [5.41, 5.74) is 8.63. The number of thioether (sulfide) groups is 1. The number of hydrogen-bond acceptors (Lipinski definition) is 7. The van der Waals surface area contributed by atoms with Crippen LogP contribution in [0.25, 0.3) is 0 Å². The van der Waals surface area contributed by atoms with Crippen molar-refractivity contribution in [3.8, 4) is 0 Å². The number of carbonyl (C=O) groups excluding carboxylic acids is 2. The average molecular weight is 506 g/mol. The van der Waals surface area contributed by atoms with Gasteiger partial charge in [0.1, 0.15) is 5.82 Å². The third-order valence-electron chi connectivity index (χ3n) is 5.48. The second kappa shape index (κ2) is 10.9. The molecule has 1 atom stereocenters. The minimum absolute atomic E-state index is 0.117. The van der Waals surface area contributed by atoms with Gasteiger partial charge in [-0.05, 0) is 48.9 Å². The van der Waals surface area contributed by atoms with Crippen molar-refractivity contribution in [3.05, 3.63) is 88.6 Å². The van der Waals surface area contributed by atoms with Gasteiger partial charge in [-0.3, -0.25) is 9.59 Å². The van der Waals surface area contributed by atoms with Crippen LogP contribution in [0.15, 0.2) is 81.7 Å². The molecule has 2 aromatic carbocycles. The fourth-order valence-electron chi connectivity index (χ4n) is 3.52. The van der Waals surface area contributed by atoms with Crippen LogP contribution in [-0.4, -0.2) is 37.4 Å². The molecule has 1 aromatic heterocycles. The number of rotatable bonds is 7. The summed E-state index contributed by atoms with van der Waals surface area (Å²) in [4.78, 5) is 34.5. The van der Waals surface area contributed by atoms with E-state index in [0.29, 0.717) is 23.4 Å². The zero-order valence-electron chi connectivity index (χ0n) is 19.7. The van der Waals surface area contributed by atoms with Crippen LogP contribution in [0.3, 0.4) is 0 Å². The summed E-state index contributed by atoms with van der Waals surface area (Å²) in [5, 5.41) is 5.97. The van der Waals surface area contributed by atoms with Gasteiger partial charge < -0.3 is 21.3 Å². The molecule has 35 heavy (non-hydrogen) atoms. The van der Waals surface area contributed by atoms with Crippen LogP contribution in [-0.2, 0) is 0 Å². The van der Waals surface area contributed by atoms with Gasteiger partial charge in [-0.25, -0.2) is 4.98 Å². The van der Waals surface area contributed by atoms with Gasteiger partial charge in [-0.15, -0.1) is 11.8 Å². The predicted molar refractivity (Wildman–Crippen MR) is 144 cm³/mol. The highest BCUT2D eigenvalue weighted by Crippen LogP contribution is 2.39. The third-order valence-corrected chi connectivity index (χ3v) is 7.84. The Bertz CT molecular complexity index is 1270. The largest absolute Gasteiger partial charge is 0.404 e. The second-order valence-electron chi connectivity index (χ2n) is 8.18. The van der Waals surface area contributed by atoms with Gasteiger partial charge in [0.25, 0.3) is 11.8 Å². The zero-order valence-corrected chi connectivity index (χ0v) is 21.4. The number of pyridine rings is 1. The van der Waals surface area contributed by atoms with Crippen molar-refractivity contribution in [3.63, 3.8) is 0 Å². The van der Waals surface area contributed by atoms with E-state index in [2.05, 4.69) is 22.5 Å². The summed E-state index contributed by atoms with van der Waals surface area (Å²) >= 11 is 3.08. The first-order valence-corrected chi connectivity index (χ1v) is 12.8. The lowest BCUT2D eigenvalue weighted by Crippen LogP contribution is -2.25. The Hall–Kier alpha value is -3.43. The summed E-state index contributed by atoms with van der Waals surface area (Å²) in [7, 11) is 3.90. The third kappa shape index (κ3) is 5.80. The Balaban J connectivity index is 1.39. The summed E-state index contributed by atoms with van der Waals surface area (Å²) in [6.07, 6.45) is 3.38. The van der Waals surface area contributed by atoms with E-state index >= 15 is 0 Å². The van der Waals surface area contributed by atoms with Crippen molar-refractivity contribution >= 4 is 46.8 Å². The first-order chi connectivity index (χ1) is 16.9. The first kappa shape index (κ1) is 24.7. The molecule has 180 valence electrons. The molecule has 0 bridgehead atoms. The number of aromatic nitrogens is 1. The first-order valence-electron chi connectivity index (χ1n) is 11.1. The van der Waals surface area contributed by atoms with E-state index in [1.165, 1.54) is 18.0 Å². The summed E-state index contributed by atoms with van der Waals surface area (Å²) in [6, 6.07) is 16.8. The number of carbonyl (C=O) groups is 2. The molecule has 0 saturated heterocycles. The van der Waals surface area contributed by atoms with Crippen LogP contribution < -0.4 is 21.3 Å². The molecule has 4 N–H and O–H groups in total. The highest BCUT2D eigenvalue weighted by atomic mass is 32.2. The van der Waals surface area contributed by atoms with Gasteiger partial charge in [-0.2, -0.15) is 0 Å². The second-order valence-corrected chi connectivity index (χ2v) is 10.7. The van der Waals surface area contributed by atoms with Crippen LogP contribution in [0.2, 0.25) is 0 Å². The Morgan fingerprint density at radius 1 is 1.20 bits per heavy atom. The highest BCUT2D eigenvalue weighted by molar-refractivity contribution is 8.03. The lowest BCUT2D eigenvalue weighted by molar-refractivity contribution is 0.0956. The van der Waals surface area contributed by atoms with Crippen LogP contribution >= 0.6 is 23.5 Å². The van der Waals surface area contributed by atoms with Gasteiger partial charge in [-0.1, -0.05) is 30.0 Å². The minimum Gasteiger partial charge on any atom is -0.404 e. The smallest absolute Gasteiger partial charge is 0.256 e. The van der Waals surface area contributed by atoms with Crippen molar-refractivity contribution in [1.82, 2.24) is 10.3 Å². The zero-order chi connectivity index (χ0) is 24.9. The lowest BCUT2D eigenvalue weighted by Gasteiger charge is -2.16. The maximum atomic E-state index is 12.9. The SMILES string of the molecule is CC(S/C(=C\N)CNC(=O)c1ccc2c(c1)NC(=O)c1ccccc1S2)c1ccc(N(C)C)nc1. The van der Waals surface area contributed by atoms with Crippen LogP contribution in [0.5, 0.6) is 0 Å². The normalized spacial score (nSPS) is 13.7. The van der Waals surface area contributed by atoms with Crippen molar-refractivity contribution in [2.75, 3.05) is 30.9 Å². The van der Waals surface area contributed by atoms with Crippen LogP contribution in [0.4, 0.5) is 11.5 Å². The van der Waals surface area contributed by atoms with E-state index in [0.717, 1.165) is 26.1 Å². The molecule has 0 fully saturated rings. The molecule has 0 spiro atoms. The number of nitrogens with zero attached hydrogens (tertiary/aromatic N) is 2. The number of hydrogen-bond donors (Lipinski definition) is 3. The monoisotopic (exact) mass is 505 g/mol. The number of nitrogens with two attached hydrogens (primary N) is 1. The maximum Gasteiger partial charge on any atom is 0.256 e. The average Bonchev–Trinajstić information content (AvgIpc) is 3.01.